The van der Waals surface area contributed by atoms with E-state index < -0.39 is 6.04 Å². The van der Waals surface area contributed by atoms with E-state index in [0.29, 0.717) is 36.6 Å². The van der Waals surface area contributed by atoms with E-state index in [1.54, 1.807) is 23.1 Å². The highest BCUT2D eigenvalue weighted by molar-refractivity contribution is 5.98. The fourth-order valence-corrected chi connectivity index (χ4v) is 3.05. The van der Waals surface area contributed by atoms with Gasteiger partial charge in [0.2, 0.25) is 12.7 Å². The first-order valence-electron chi connectivity index (χ1n) is 8.39. The zero-order valence-corrected chi connectivity index (χ0v) is 15.1. The molecule has 2 amide bonds. The Labute approximate surface area is 153 Å². The Hall–Kier alpha value is -1.99. The average Bonchev–Trinajstić information content (AvgIpc) is 3.25. The third-order valence-corrected chi connectivity index (χ3v) is 4.29. The van der Waals surface area contributed by atoms with Gasteiger partial charge in [0.1, 0.15) is 6.04 Å². The van der Waals surface area contributed by atoms with Gasteiger partial charge in [-0.05, 0) is 37.6 Å². The normalized spacial score (nSPS) is 18.0. The maximum atomic E-state index is 12.8. The van der Waals surface area contributed by atoms with Crippen molar-refractivity contribution in [2.24, 2.45) is 0 Å². The number of hydrogen-bond acceptors (Lipinski definition) is 5. The van der Waals surface area contributed by atoms with Crippen molar-refractivity contribution in [2.75, 3.05) is 33.0 Å². The number of rotatable bonds is 6. The Kier molecular flexibility index (Phi) is 6.90. The molecule has 1 unspecified atom stereocenters. The minimum absolute atomic E-state index is 0. The van der Waals surface area contributed by atoms with E-state index in [1.807, 2.05) is 6.92 Å². The average molecular weight is 370 g/mol. The van der Waals surface area contributed by atoms with Crippen molar-refractivity contribution in [3.05, 3.63) is 23.8 Å². The van der Waals surface area contributed by atoms with Gasteiger partial charge in [-0.2, -0.15) is 0 Å². The fraction of sp³-hybridized carbons (Fsp3) is 0.529. The summed E-state index contributed by atoms with van der Waals surface area (Å²) in [7, 11) is 0. The number of nitrogens with zero attached hydrogens (tertiary/aromatic N) is 1. The summed E-state index contributed by atoms with van der Waals surface area (Å²) in [5, 5.41) is 6.05. The number of carbonyl (C=O) groups excluding carboxylic acids is 2. The van der Waals surface area contributed by atoms with Crippen LogP contribution in [-0.2, 0) is 4.79 Å². The largest absolute Gasteiger partial charge is 0.454 e. The highest BCUT2D eigenvalue weighted by Gasteiger charge is 2.34. The highest BCUT2D eigenvalue weighted by atomic mass is 35.5. The van der Waals surface area contributed by atoms with Crippen molar-refractivity contribution in [1.82, 2.24) is 15.5 Å². The summed E-state index contributed by atoms with van der Waals surface area (Å²) in [6.07, 6.45) is 1.53. The Morgan fingerprint density at radius 1 is 1.24 bits per heavy atom. The van der Waals surface area contributed by atoms with E-state index >= 15 is 0 Å². The van der Waals surface area contributed by atoms with Gasteiger partial charge in [-0.15, -0.1) is 12.4 Å². The smallest absolute Gasteiger partial charge is 0.254 e. The lowest BCUT2D eigenvalue weighted by Crippen LogP contribution is -2.47. The van der Waals surface area contributed by atoms with Crippen molar-refractivity contribution in [3.63, 3.8) is 0 Å². The molecule has 8 heteroatoms. The quantitative estimate of drug-likeness (QED) is 0.736. The van der Waals surface area contributed by atoms with Crippen LogP contribution in [0.25, 0.3) is 0 Å². The van der Waals surface area contributed by atoms with E-state index in [-0.39, 0.29) is 31.0 Å². The van der Waals surface area contributed by atoms with E-state index in [2.05, 4.69) is 10.6 Å². The van der Waals surface area contributed by atoms with E-state index in [9.17, 15) is 9.59 Å². The van der Waals surface area contributed by atoms with Gasteiger partial charge >= 0.3 is 0 Å². The number of benzene rings is 1. The lowest BCUT2D eigenvalue weighted by atomic mass is 10.1. The highest BCUT2D eigenvalue weighted by Crippen LogP contribution is 2.33. The SMILES string of the molecule is CCNCCNC(=O)C1CCCN1C(=O)c1ccc2c(c1)OCO2.Cl. The van der Waals surface area contributed by atoms with Crippen molar-refractivity contribution in [3.8, 4) is 11.5 Å². The fourth-order valence-electron chi connectivity index (χ4n) is 3.05. The molecule has 1 saturated heterocycles. The van der Waals surface area contributed by atoms with Crippen LogP contribution in [0.4, 0.5) is 0 Å². The lowest BCUT2D eigenvalue weighted by molar-refractivity contribution is -0.124. The number of fused-ring (bicyclic) bond motifs is 1. The topological polar surface area (TPSA) is 79.9 Å². The standard InChI is InChI=1S/C17H23N3O4.ClH/c1-2-18-7-8-19-16(21)13-4-3-9-20(13)17(22)12-5-6-14-15(10-12)24-11-23-14;/h5-6,10,13,18H,2-4,7-9,11H2,1H3,(H,19,21);1H. The lowest BCUT2D eigenvalue weighted by Gasteiger charge is -2.24. The second-order valence-corrected chi connectivity index (χ2v) is 5.87. The van der Waals surface area contributed by atoms with Crippen LogP contribution in [0.2, 0.25) is 0 Å². The van der Waals surface area contributed by atoms with E-state index in [4.69, 9.17) is 9.47 Å². The van der Waals surface area contributed by atoms with Gasteiger partial charge in [0.25, 0.3) is 5.91 Å². The molecular formula is C17H24ClN3O4. The molecule has 0 bridgehead atoms. The molecule has 0 saturated carbocycles. The molecule has 7 nitrogen and oxygen atoms in total. The summed E-state index contributed by atoms with van der Waals surface area (Å²) >= 11 is 0. The predicted molar refractivity (Wildman–Crippen MR) is 95.4 cm³/mol. The number of ether oxygens (including phenoxy) is 2. The van der Waals surface area contributed by atoms with Gasteiger partial charge in [0.05, 0.1) is 0 Å². The number of nitrogens with one attached hydrogen (secondary N) is 2. The molecular weight excluding hydrogens is 346 g/mol. The Morgan fingerprint density at radius 2 is 2.04 bits per heavy atom. The minimum Gasteiger partial charge on any atom is -0.454 e. The second-order valence-electron chi connectivity index (χ2n) is 5.87. The molecule has 0 aliphatic carbocycles. The summed E-state index contributed by atoms with van der Waals surface area (Å²) < 4.78 is 10.6. The van der Waals surface area contributed by atoms with Crippen molar-refractivity contribution in [2.45, 2.75) is 25.8 Å². The van der Waals surface area contributed by atoms with Crippen molar-refractivity contribution in [1.29, 1.82) is 0 Å². The summed E-state index contributed by atoms with van der Waals surface area (Å²) in [4.78, 5) is 26.8. The molecule has 1 aromatic carbocycles. The number of likely N-dealkylation sites (N-methyl/N-ethyl adjacent to an activating group) is 1. The van der Waals surface area contributed by atoms with Gasteiger partial charge in [-0.1, -0.05) is 6.92 Å². The monoisotopic (exact) mass is 369 g/mol. The van der Waals surface area contributed by atoms with Crippen LogP contribution in [0.5, 0.6) is 11.5 Å². The van der Waals surface area contributed by atoms with Gasteiger partial charge in [0.15, 0.2) is 11.5 Å². The zero-order valence-electron chi connectivity index (χ0n) is 14.2. The maximum absolute atomic E-state index is 12.8. The number of hydrogen-bond donors (Lipinski definition) is 2. The van der Waals surface area contributed by atoms with E-state index in [1.165, 1.54) is 0 Å². The molecule has 3 rings (SSSR count). The van der Waals surface area contributed by atoms with Gasteiger partial charge in [-0.3, -0.25) is 9.59 Å². The molecule has 138 valence electrons. The van der Waals surface area contributed by atoms with Crippen LogP contribution in [0.3, 0.4) is 0 Å². The molecule has 25 heavy (non-hydrogen) atoms. The van der Waals surface area contributed by atoms with Crippen molar-refractivity contribution < 1.29 is 19.1 Å². The molecule has 2 heterocycles. The molecule has 0 aromatic heterocycles. The first kappa shape index (κ1) is 19.3. The zero-order chi connectivity index (χ0) is 16.9. The molecule has 0 radical (unpaired) electrons. The van der Waals surface area contributed by atoms with Crippen LogP contribution < -0.4 is 20.1 Å². The Morgan fingerprint density at radius 3 is 2.84 bits per heavy atom. The molecule has 2 N–H and O–H groups in total. The molecule has 0 spiro atoms. The molecule has 1 fully saturated rings. The van der Waals surface area contributed by atoms with Crippen LogP contribution in [0, 0.1) is 0 Å². The summed E-state index contributed by atoms with van der Waals surface area (Å²) in [6.45, 7) is 4.95. The Bertz CT molecular complexity index is 626. The molecule has 2 aliphatic rings. The van der Waals surface area contributed by atoms with E-state index in [0.717, 1.165) is 19.5 Å². The van der Waals surface area contributed by atoms with Crippen LogP contribution in [0.15, 0.2) is 18.2 Å². The summed E-state index contributed by atoms with van der Waals surface area (Å²) in [6, 6.07) is 4.73. The van der Waals surface area contributed by atoms with Gasteiger partial charge < -0.3 is 25.0 Å². The molecule has 1 aromatic rings. The predicted octanol–water partition coefficient (Wildman–Crippen LogP) is 1.17. The van der Waals surface area contributed by atoms with Crippen LogP contribution in [0.1, 0.15) is 30.1 Å². The number of amides is 2. The van der Waals surface area contributed by atoms with Crippen molar-refractivity contribution >= 4 is 24.2 Å². The minimum atomic E-state index is -0.399. The number of likely N-dealkylation sites (tertiary alicyclic amines) is 1. The van der Waals surface area contributed by atoms with Gasteiger partial charge in [0, 0.05) is 25.2 Å². The third kappa shape index (κ3) is 4.35. The van der Waals surface area contributed by atoms with Crippen LogP contribution in [-0.4, -0.2) is 55.7 Å². The molecule has 1 atom stereocenters. The first-order chi connectivity index (χ1) is 11.7. The maximum Gasteiger partial charge on any atom is 0.254 e. The third-order valence-electron chi connectivity index (χ3n) is 4.29. The second kappa shape index (κ2) is 8.92. The van der Waals surface area contributed by atoms with Gasteiger partial charge in [-0.25, -0.2) is 0 Å². The number of halogens is 1. The Balaban J connectivity index is 0.00000225. The summed E-state index contributed by atoms with van der Waals surface area (Å²) in [5.41, 5.74) is 0.520. The first-order valence-corrected chi connectivity index (χ1v) is 8.39. The summed E-state index contributed by atoms with van der Waals surface area (Å²) in [5.74, 6) is 0.995. The van der Waals surface area contributed by atoms with Crippen LogP contribution >= 0.6 is 12.4 Å². The number of carbonyl (C=O) groups is 2. The molecule has 2 aliphatic heterocycles.